The maximum atomic E-state index is 12.1. The minimum absolute atomic E-state index is 0.187. The molecule has 1 aromatic carbocycles. The van der Waals surface area contributed by atoms with Gasteiger partial charge in [0.15, 0.2) is 0 Å². The lowest BCUT2D eigenvalue weighted by molar-refractivity contribution is -0.123. The first-order chi connectivity index (χ1) is 9.08. The number of carbonyl (C=O) groups excluding carboxylic acids is 1. The maximum absolute atomic E-state index is 12.1. The molecular weight excluding hydrogens is 287 g/mol. The first kappa shape index (κ1) is 13.7. The zero-order valence-electron chi connectivity index (χ0n) is 10.0. The van der Waals surface area contributed by atoms with Crippen molar-refractivity contribution in [2.45, 2.75) is 12.3 Å². The van der Waals surface area contributed by atoms with Gasteiger partial charge in [0.25, 0.3) is 0 Å². The Morgan fingerprint density at radius 3 is 2.58 bits per heavy atom. The Balaban J connectivity index is 2.46. The minimum atomic E-state index is -0.588. The number of carbonyl (C=O) groups is 1. The Bertz CT molecular complexity index is 585. The molecule has 1 unspecified atom stereocenters. The van der Waals surface area contributed by atoms with Gasteiger partial charge in [-0.3, -0.25) is 10.1 Å². The summed E-state index contributed by atoms with van der Waals surface area (Å²) in [6.07, 6.45) is 0.217. The van der Waals surface area contributed by atoms with Crippen LogP contribution in [0.5, 0.6) is 0 Å². The zero-order chi connectivity index (χ0) is 14.0. The molecule has 0 aromatic heterocycles. The first-order valence-corrected chi connectivity index (χ1v) is 6.26. The number of hydrogen-bond donors (Lipinski definition) is 1. The maximum Gasteiger partial charge on any atom is 0.234 e. The molecule has 0 spiro atoms. The van der Waals surface area contributed by atoms with Crippen molar-refractivity contribution in [3.63, 3.8) is 0 Å². The highest BCUT2D eigenvalue weighted by Gasteiger charge is 2.32. The number of ether oxygens (including phenoxy) is 1. The lowest BCUT2D eigenvalue weighted by atomic mass is 9.89. The molecule has 1 amide bonds. The van der Waals surface area contributed by atoms with E-state index in [0.29, 0.717) is 21.2 Å². The summed E-state index contributed by atoms with van der Waals surface area (Å²) in [6, 6.07) is 7.05. The number of nitrogens with one attached hydrogen (secondary N) is 1. The highest BCUT2D eigenvalue weighted by atomic mass is 35.5. The van der Waals surface area contributed by atoms with Crippen molar-refractivity contribution >= 4 is 29.1 Å². The number of nitrogens with zero attached hydrogens (tertiary/aromatic N) is 1. The molecule has 98 valence electrons. The third kappa shape index (κ3) is 2.53. The molecule has 1 atom stereocenters. The Morgan fingerprint density at radius 2 is 2.05 bits per heavy atom. The largest absolute Gasteiger partial charge is 0.482 e. The molecule has 1 N–H and O–H groups in total. The second-order valence-electron chi connectivity index (χ2n) is 4.00. The van der Waals surface area contributed by atoms with Crippen LogP contribution in [-0.4, -0.2) is 13.0 Å². The fourth-order valence-corrected chi connectivity index (χ4v) is 2.67. The standard InChI is InChI=1S/C13H10Cl2N2O2/c1-19-13-7(6-16)5-8(12(18)17-13)11-9(14)3-2-4-10(11)15/h2-4,8H,5H2,1H3,(H,17,18). The Kier molecular flexibility index (Phi) is 3.98. The average Bonchev–Trinajstić information content (AvgIpc) is 2.39. The van der Waals surface area contributed by atoms with E-state index in [9.17, 15) is 4.79 Å². The third-order valence-corrected chi connectivity index (χ3v) is 3.58. The number of rotatable bonds is 2. The van der Waals surface area contributed by atoms with Crippen LogP contribution in [0, 0.1) is 11.3 Å². The second kappa shape index (κ2) is 5.52. The van der Waals surface area contributed by atoms with Crippen molar-refractivity contribution in [3.05, 3.63) is 45.3 Å². The molecule has 1 heterocycles. The van der Waals surface area contributed by atoms with E-state index in [0.717, 1.165) is 0 Å². The van der Waals surface area contributed by atoms with E-state index >= 15 is 0 Å². The Hall–Kier alpha value is -1.70. The third-order valence-electron chi connectivity index (χ3n) is 2.92. The summed E-state index contributed by atoms with van der Waals surface area (Å²) in [7, 11) is 1.40. The fraction of sp³-hybridized carbons (Fsp3) is 0.231. The molecule has 0 bridgehead atoms. The molecule has 1 aromatic rings. The molecule has 0 fully saturated rings. The predicted octanol–water partition coefficient (Wildman–Crippen LogP) is 2.98. The van der Waals surface area contributed by atoms with E-state index in [1.54, 1.807) is 18.2 Å². The highest BCUT2D eigenvalue weighted by molar-refractivity contribution is 6.36. The molecule has 0 saturated carbocycles. The fourth-order valence-electron chi connectivity index (χ4n) is 2.01. The lowest BCUT2D eigenvalue weighted by Gasteiger charge is -2.25. The first-order valence-electron chi connectivity index (χ1n) is 5.50. The Labute approximate surface area is 120 Å². The van der Waals surface area contributed by atoms with Gasteiger partial charge in [0.05, 0.1) is 18.6 Å². The molecule has 1 aliphatic heterocycles. The van der Waals surface area contributed by atoms with Gasteiger partial charge in [-0.2, -0.15) is 5.26 Å². The number of nitriles is 1. The second-order valence-corrected chi connectivity index (χ2v) is 4.82. The number of hydrogen-bond acceptors (Lipinski definition) is 3. The van der Waals surface area contributed by atoms with Gasteiger partial charge in [-0.15, -0.1) is 0 Å². The van der Waals surface area contributed by atoms with Crippen LogP contribution in [0.1, 0.15) is 17.9 Å². The van der Waals surface area contributed by atoms with Crippen LogP contribution < -0.4 is 5.32 Å². The molecule has 19 heavy (non-hydrogen) atoms. The van der Waals surface area contributed by atoms with Crippen LogP contribution in [-0.2, 0) is 9.53 Å². The summed E-state index contributed by atoms with van der Waals surface area (Å²) >= 11 is 12.2. The van der Waals surface area contributed by atoms with Crippen LogP contribution in [0.2, 0.25) is 10.0 Å². The van der Waals surface area contributed by atoms with Gasteiger partial charge < -0.3 is 4.74 Å². The number of amides is 1. The Morgan fingerprint density at radius 1 is 1.42 bits per heavy atom. The van der Waals surface area contributed by atoms with E-state index in [1.165, 1.54) is 7.11 Å². The zero-order valence-corrected chi connectivity index (χ0v) is 11.5. The molecule has 0 saturated heterocycles. The topological polar surface area (TPSA) is 62.1 Å². The normalized spacial score (nSPS) is 18.8. The van der Waals surface area contributed by atoms with E-state index < -0.39 is 5.92 Å². The van der Waals surface area contributed by atoms with Crippen LogP contribution in [0.15, 0.2) is 29.7 Å². The van der Waals surface area contributed by atoms with Gasteiger partial charge in [-0.1, -0.05) is 29.3 Å². The molecule has 2 rings (SSSR count). The molecule has 1 aliphatic rings. The molecule has 0 aliphatic carbocycles. The lowest BCUT2D eigenvalue weighted by Crippen LogP contribution is -2.35. The summed E-state index contributed by atoms with van der Waals surface area (Å²) in [5.41, 5.74) is 0.898. The summed E-state index contributed by atoms with van der Waals surface area (Å²) < 4.78 is 4.97. The summed E-state index contributed by atoms with van der Waals surface area (Å²) in [5.74, 6) is -0.687. The molecule has 4 nitrogen and oxygen atoms in total. The number of halogens is 2. The van der Waals surface area contributed by atoms with Gasteiger partial charge in [0.1, 0.15) is 6.07 Å². The SMILES string of the molecule is COC1=C(C#N)CC(c2c(Cl)cccc2Cl)C(=O)N1. The predicted molar refractivity (Wildman–Crippen MR) is 71.6 cm³/mol. The number of benzene rings is 1. The van der Waals surface area contributed by atoms with Crippen LogP contribution in [0.3, 0.4) is 0 Å². The van der Waals surface area contributed by atoms with Gasteiger partial charge in [-0.25, -0.2) is 0 Å². The van der Waals surface area contributed by atoms with Crippen LogP contribution >= 0.6 is 23.2 Å². The number of allylic oxidation sites excluding steroid dienone is 1. The quantitative estimate of drug-likeness (QED) is 0.912. The molecular formula is C13H10Cl2N2O2. The van der Waals surface area contributed by atoms with Crippen molar-refractivity contribution in [1.29, 1.82) is 5.26 Å². The number of methoxy groups -OCH3 is 1. The van der Waals surface area contributed by atoms with Gasteiger partial charge in [-0.05, 0) is 12.1 Å². The monoisotopic (exact) mass is 296 g/mol. The highest BCUT2D eigenvalue weighted by Crippen LogP contribution is 2.37. The van der Waals surface area contributed by atoms with Crippen molar-refractivity contribution in [3.8, 4) is 6.07 Å². The van der Waals surface area contributed by atoms with Gasteiger partial charge in [0.2, 0.25) is 11.8 Å². The van der Waals surface area contributed by atoms with Gasteiger partial charge >= 0.3 is 0 Å². The summed E-state index contributed by atoms with van der Waals surface area (Å²) in [4.78, 5) is 12.1. The van der Waals surface area contributed by atoms with Crippen molar-refractivity contribution in [2.24, 2.45) is 0 Å². The van der Waals surface area contributed by atoms with Gasteiger partial charge in [0, 0.05) is 22.0 Å². The molecule has 0 radical (unpaired) electrons. The van der Waals surface area contributed by atoms with E-state index in [-0.39, 0.29) is 18.2 Å². The smallest absolute Gasteiger partial charge is 0.234 e. The van der Waals surface area contributed by atoms with Crippen molar-refractivity contribution in [1.82, 2.24) is 5.32 Å². The van der Waals surface area contributed by atoms with E-state index in [2.05, 4.69) is 5.32 Å². The minimum Gasteiger partial charge on any atom is -0.482 e. The van der Waals surface area contributed by atoms with E-state index in [4.69, 9.17) is 33.2 Å². The van der Waals surface area contributed by atoms with E-state index in [1.807, 2.05) is 6.07 Å². The summed E-state index contributed by atoms with van der Waals surface area (Å²) in [6.45, 7) is 0. The van der Waals surface area contributed by atoms with Crippen LogP contribution in [0.4, 0.5) is 0 Å². The average molecular weight is 297 g/mol. The summed E-state index contributed by atoms with van der Waals surface area (Å²) in [5, 5.41) is 12.4. The van der Waals surface area contributed by atoms with Crippen molar-refractivity contribution in [2.75, 3.05) is 7.11 Å². The van der Waals surface area contributed by atoms with Crippen molar-refractivity contribution < 1.29 is 9.53 Å². The van der Waals surface area contributed by atoms with Crippen LogP contribution in [0.25, 0.3) is 0 Å². The molecule has 6 heteroatoms.